The Balaban J connectivity index is 3.39. The predicted octanol–water partition coefficient (Wildman–Crippen LogP) is 0.646. The van der Waals surface area contributed by atoms with Crippen LogP contribution < -0.4 is 10.5 Å². The molecule has 0 saturated carbocycles. The highest BCUT2D eigenvalue weighted by Crippen LogP contribution is 2.26. The van der Waals surface area contributed by atoms with Crippen molar-refractivity contribution in [3.63, 3.8) is 0 Å². The van der Waals surface area contributed by atoms with Crippen molar-refractivity contribution in [1.82, 2.24) is 4.31 Å². The number of nitrogens with zero attached hydrogens (tertiary/aromatic N) is 1. The summed E-state index contributed by atoms with van der Waals surface area (Å²) in [4.78, 5) is 0.114. The Morgan fingerprint density at radius 3 is 2.63 bits per heavy atom. The molecule has 0 aliphatic rings. The van der Waals surface area contributed by atoms with Crippen LogP contribution in [0.25, 0.3) is 0 Å². The third-order valence-corrected chi connectivity index (χ3v) is 4.59. The summed E-state index contributed by atoms with van der Waals surface area (Å²) in [5.41, 5.74) is 5.89. The maximum atomic E-state index is 12.3. The summed E-state index contributed by atoms with van der Waals surface area (Å²) in [5.74, 6) is 5.81. The van der Waals surface area contributed by atoms with Gasteiger partial charge in [-0.2, -0.15) is 0 Å². The van der Waals surface area contributed by atoms with Gasteiger partial charge in [0, 0.05) is 19.2 Å². The van der Waals surface area contributed by atoms with Gasteiger partial charge in [-0.05, 0) is 18.2 Å². The number of rotatable bonds is 4. The van der Waals surface area contributed by atoms with Crippen LogP contribution in [0.3, 0.4) is 0 Å². The molecule has 0 fully saturated rings. The van der Waals surface area contributed by atoms with Gasteiger partial charge >= 0.3 is 0 Å². The molecule has 1 aromatic rings. The van der Waals surface area contributed by atoms with Crippen molar-refractivity contribution < 1.29 is 13.2 Å². The molecule has 0 amide bonds. The molecule has 104 valence electrons. The van der Waals surface area contributed by atoms with Crippen LogP contribution in [0, 0.1) is 11.8 Å². The SMILES string of the molecule is CCN(C)S(=O)(=O)c1cc(C#CCN)ccc1OC. The van der Waals surface area contributed by atoms with Gasteiger partial charge < -0.3 is 10.5 Å². The van der Waals surface area contributed by atoms with E-state index in [0.29, 0.717) is 17.9 Å². The van der Waals surface area contributed by atoms with Crippen LogP contribution in [0.2, 0.25) is 0 Å². The van der Waals surface area contributed by atoms with Crippen molar-refractivity contribution in [1.29, 1.82) is 0 Å². The number of nitrogens with two attached hydrogens (primary N) is 1. The van der Waals surface area contributed by atoms with Gasteiger partial charge in [-0.1, -0.05) is 18.8 Å². The van der Waals surface area contributed by atoms with Crippen LogP contribution in [-0.4, -0.2) is 40.0 Å². The van der Waals surface area contributed by atoms with E-state index in [4.69, 9.17) is 10.5 Å². The van der Waals surface area contributed by atoms with Crippen molar-refractivity contribution in [3.05, 3.63) is 23.8 Å². The van der Waals surface area contributed by atoms with Gasteiger partial charge in [0.15, 0.2) is 0 Å². The van der Waals surface area contributed by atoms with Gasteiger partial charge in [-0.15, -0.1) is 0 Å². The third kappa shape index (κ3) is 3.47. The smallest absolute Gasteiger partial charge is 0.246 e. The van der Waals surface area contributed by atoms with Crippen LogP contribution in [-0.2, 0) is 10.0 Å². The van der Waals surface area contributed by atoms with Crippen molar-refractivity contribution >= 4 is 10.0 Å². The summed E-state index contributed by atoms with van der Waals surface area (Å²) in [7, 11) is -0.613. The van der Waals surface area contributed by atoms with Crippen molar-refractivity contribution in [2.45, 2.75) is 11.8 Å². The van der Waals surface area contributed by atoms with Crippen LogP contribution >= 0.6 is 0 Å². The average molecular weight is 282 g/mol. The molecule has 1 rings (SSSR count). The molecule has 0 bridgehead atoms. The molecule has 0 aromatic heterocycles. The fourth-order valence-electron chi connectivity index (χ4n) is 1.45. The molecule has 0 unspecified atom stereocenters. The summed E-state index contributed by atoms with van der Waals surface area (Å²) in [6, 6.07) is 4.80. The van der Waals surface area contributed by atoms with Crippen LogP contribution in [0.15, 0.2) is 23.1 Å². The first-order valence-electron chi connectivity index (χ1n) is 5.80. The van der Waals surface area contributed by atoms with Crippen LogP contribution in [0.1, 0.15) is 12.5 Å². The second-order valence-corrected chi connectivity index (χ2v) is 5.80. The van der Waals surface area contributed by atoms with Gasteiger partial charge in [-0.3, -0.25) is 0 Å². The largest absolute Gasteiger partial charge is 0.495 e. The van der Waals surface area contributed by atoms with Gasteiger partial charge in [0.2, 0.25) is 10.0 Å². The molecule has 0 spiro atoms. The summed E-state index contributed by atoms with van der Waals surface area (Å²) in [6.07, 6.45) is 0. The maximum Gasteiger partial charge on any atom is 0.246 e. The monoisotopic (exact) mass is 282 g/mol. The molecule has 1 aromatic carbocycles. The molecule has 0 aliphatic carbocycles. The lowest BCUT2D eigenvalue weighted by atomic mass is 10.2. The van der Waals surface area contributed by atoms with E-state index < -0.39 is 10.0 Å². The van der Waals surface area contributed by atoms with Crippen LogP contribution in [0.5, 0.6) is 5.75 Å². The topological polar surface area (TPSA) is 72.6 Å². The molecular weight excluding hydrogens is 264 g/mol. The summed E-state index contributed by atoms with van der Waals surface area (Å²) in [5, 5.41) is 0. The normalized spacial score (nSPS) is 11.0. The Morgan fingerprint density at radius 2 is 2.11 bits per heavy atom. The van der Waals surface area contributed by atoms with E-state index in [1.165, 1.54) is 24.5 Å². The molecule has 0 aliphatic heterocycles. The van der Waals surface area contributed by atoms with Crippen molar-refractivity contribution in [2.24, 2.45) is 5.73 Å². The maximum absolute atomic E-state index is 12.3. The Hall–Kier alpha value is -1.55. The van der Waals surface area contributed by atoms with Crippen molar-refractivity contribution in [3.8, 4) is 17.6 Å². The molecule has 6 heteroatoms. The third-order valence-electron chi connectivity index (χ3n) is 2.63. The number of sulfonamides is 1. The van der Waals surface area contributed by atoms with Gasteiger partial charge in [0.05, 0.1) is 13.7 Å². The zero-order valence-corrected chi connectivity index (χ0v) is 12.1. The number of benzene rings is 1. The molecule has 0 saturated heterocycles. The number of methoxy groups -OCH3 is 1. The first-order valence-corrected chi connectivity index (χ1v) is 7.24. The Labute approximate surface area is 114 Å². The highest BCUT2D eigenvalue weighted by molar-refractivity contribution is 7.89. The fourth-order valence-corrected chi connectivity index (χ4v) is 2.80. The number of hydrogen-bond donors (Lipinski definition) is 1. The summed E-state index contributed by atoms with van der Waals surface area (Å²) in [6.45, 7) is 2.37. The number of hydrogen-bond acceptors (Lipinski definition) is 4. The average Bonchev–Trinajstić information content (AvgIpc) is 2.43. The molecule has 0 heterocycles. The minimum absolute atomic E-state index is 0.114. The second-order valence-electron chi connectivity index (χ2n) is 3.79. The highest BCUT2D eigenvalue weighted by Gasteiger charge is 2.23. The summed E-state index contributed by atoms with van der Waals surface area (Å²) < 4.78 is 31.0. The standard InChI is InChI=1S/C13H18N2O3S/c1-4-15(2)19(16,17)13-10-11(6-5-9-14)7-8-12(13)18-3/h7-8,10H,4,9,14H2,1-3H3. The molecule has 0 radical (unpaired) electrons. The molecular formula is C13H18N2O3S. The lowest BCUT2D eigenvalue weighted by molar-refractivity contribution is 0.399. The van der Waals surface area contributed by atoms with E-state index in [0.717, 1.165) is 0 Å². The molecule has 0 atom stereocenters. The van der Waals surface area contributed by atoms with Crippen LogP contribution in [0.4, 0.5) is 0 Å². The van der Waals surface area contributed by atoms with E-state index >= 15 is 0 Å². The Bertz CT molecular complexity index is 600. The van der Waals surface area contributed by atoms with E-state index in [-0.39, 0.29) is 11.4 Å². The fraction of sp³-hybridized carbons (Fsp3) is 0.385. The molecule has 2 N–H and O–H groups in total. The quantitative estimate of drug-likeness (QED) is 0.823. The highest BCUT2D eigenvalue weighted by atomic mass is 32.2. The second kappa shape index (κ2) is 6.57. The van der Waals surface area contributed by atoms with E-state index in [1.54, 1.807) is 19.1 Å². The minimum atomic E-state index is -3.57. The first kappa shape index (κ1) is 15.5. The zero-order valence-electron chi connectivity index (χ0n) is 11.3. The zero-order chi connectivity index (χ0) is 14.5. The van der Waals surface area contributed by atoms with E-state index in [2.05, 4.69) is 11.8 Å². The molecule has 19 heavy (non-hydrogen) atoms. The van der Waals surface area contributed by atoms with E-state index in [9.17, 15) is 8.42 Å². The Morgan fingerprint density at radius 1 is 1.42 bits per heavy atom. The van der Waals surface area contributed by atoms with Gasteiger partial charge in [0.25, 0.3) is 0 Å². The predicted molar refractivity (Wildman–Crippen MR) is 74.4 cm³/mol. The number of ether oxygens (including phenoxy) is 1. The first-order chi connectivity index (χ1) is 8.97. The summed E-state index contributed by atoms with van der Waals surface area (Å²) >= 11 is 0. The van der Waals surface area contributed by atoms with Gasteiger partial charge in [-0.25, -0.2) is 12.7 Å². The lowest BCUT2D eigenvalue weighted by Gasteiger charge is -2.17. The van der Waals surface area contributed by atoms with Gasteiger partial charge in [0.1, 0.15) is 10.6 Å². The minimum Gasteiger partial charge on any atom is -0.495 e. The van der Waals surface area contributed by atoms with Crippen molar-refractivity contribution in [2.75, 3.05) is 27.2 Å². The molecule has 5 nitrogen and oxygen atoms in total. The Kier molecular flexibility index (Phi) is 5.36. The lowest BCUT2D eigenvalue weighted by Crippen LogP contribution is -2.27. The van der Waals surface area contributed by atoms with E-state index in [1.807, 2.05) is 0 Å².